The third kappa shape index (κ3) is 5.55. The van der Waals surface area contributed by atoms with Crippen molar-refractivity contribution >= 4 is 29.1 Å². The first-order valence-electron chi connectivity index (χ1n) is 8.14. The third-order valence-corrected chi connectivity index (χ3v) is 4.59. The Morgan fingerprint density at radius 2 is 2.09 bits per heavy atom. The topological polar surface area (TPSA) is 41.6 Å². The molecule has 0 aliphatic carbocycles. The Morgan fingerprint density at radius 3 is 2.74 bits per heavy atom. The Labute approximate surface area is 148 Å². The van der Waals surface area contributed by atoms with Crippen molar-refractivity contribution in [1.82, 2.24) is 10.2 Å². The molecule has 0 unspecified atom stereocenters. The van der Waals surface area contributed by atoms with E-state index in [0.29, 0.717) is 15.8 Å². The van der Waals surface area contributed by atoms with Crippen LogP contribution in [-0.2, 0) is 4.79 Å². The molecule has 1 aromatic carbocycles. The largest absolute Gasteiger partial charge is 0.479 e. The number of hydrogen-bond donors (Lipinski definition) is 1. The first kappa shape index (κ1) is 18.4. The molecule has 1 saturated heterocycles. The highest BCUT2D eigenvalue weighted by atomic mass is 35.5. The highest BCUT2D eigenvalue weighted by Gasteiger charge is 2.23. The highest BCUT2D eigenvalue weighted by molar-refractivity contribution is 6.34. The van der Waals surface area contributed by atoms with E-state index in [9.17, 15) is 4.79 Å². The lowest BCUT2D eigenvalue weighted by atomic mass is 10.0. The number of carbonyl (C=O) groups is 1. The number of halogens is 2. The smallest absolute Gasteiger partial charge is 0.260 e. The molecule has 1 amide bonds. The molecule has 0 aromatic heterocycles. The molecule has 23 heavy (non-hydrogen) atoms. The number of amides is 1. The van der Waals surface area contributed by atoms with Gasteiger partial charge in [0, 0.05) is 30.2 Å². The Kier molecular flexibility index (Phi) is 7.00. The van der Waals surface area contributed by atoms with E-state index in [1.165, 1.54) is 6.42 Å². The average molecular weight is 359 g/mol. The van der Waals surface area contributed by atoms with E-state index >= 15 is 0 Å². The van der Waals surface area contributed by atoms with Gasteiger partial charge in [0.15, 0.2) is 6.10 Å². The van der Waals surface area contributed by atoms with E-state index < -0.39 is 6.10 Å². The van der Waals surface area contributed by atoms with Gasteiger partial charge in [0.1, 0.15) is 5.75 Å². The maximum atomic E-state index is 12.3. The molecule has 2 rings (SSSR count). The second-order valence-corrected chi connectivity index (χ2v) is 6.80. The predicted octanol–water partition coefficient (Wildman–Crippen LogP) is 3.75. The van der Waals surface area contributed by atoms with Gasteiger partial charge in [-0.2, -0.15) is 0 Å². The van der Waals surface area contributed by atoms with Crippen molar-refractivity contribution in [3.05, 3.63) is 28.2 Å². The number of ether oxygens (including phenoxy) is 1. The fraction of sp³-hybridized carbons (Fsp3) is 0.588. The third-order valence-electron chi connectivity index (χ3n) is 4.04. The Hall–Kier alpha value is -0.970. The van der Waals surface area contributed by atoms with Crippen LogP contribution in [0.15, 0.2) is 18.2 Å². The van der Waals surface area contributed by atoms with Gasteiger partial charge in [-0.3, -0.25) is 4.79 Å². The van der Waals surface area contributed by atoms with Crippen LogP contribution in [0.5, 0.6) is 5.75 Å². The van der Waals surface area contributed by atoms with Crippen molar-refractivity contribution in [1.29, 1.82) is 0 Å². The summed E-state index contributed by atoms with van der Waals surface area (Å²) in [6.45, 7) is 7.11. The van der Waals surface area contributed by atoms with Gasteiger partial charge in [0.2, 0.25) is 0 Å². The lowest BCUT2D eigenvalue weighted by molar-refractivity contribution is -0.128. The van der Waals surface area contributed by atoms with Crippen LogP contribution < -0.4 is 10.1 Å². The van der Waals surface area contributed by atoms with Gasteiger partial charge >= 0.3 is 0 Å². The van der Waals surface area contributed by atoms with Crippen LogP contribution in [0.2, 0.25) is 10.0 Å². The van der Waals surface area contributed by atoms with Crippen molar-refractivity contribution < 1.29 is 9.53 Å². The number of benzene rings is 1. The van der Waals surface area contributed by atoms with Crippen LogP contribution in [0.25, 0.3) is 0 Å². The second-order valence-electron chi connectivity index (χ2n) is 5.96. The highest BCUT2D eigenvalue weighted by Crippen LogP contribution is 2.28. The minimum atomic E-state index is -0.611. The van der Waals surface area contributed by atoms with Crippen LogP contribution in [0, 0.1) is 0 Å². The Bertz CT molecular complexity index is 531. The van der Waals surface area contributed by atoms with Gasteiger partial charge in [-0.05, 0) is 44.9 Å². The molecule has 128 valence electrons. The SMILES string of the molecule is CCCN1CCC(NC(=O)[C@H](C)Oc2cc(Cl)ccc2Cl)CC1. The predicted molar refractivity (Wildman–Crippen MR) is 94.4 cm³/mol. The van der Waals surface area contributed by atoms with Crippen molar-refractivity contribution in [3.63, 3.8) is 0 Å². The molecule has 0 bridgehead atoms. The molecular weight excluding hydrogens is 335 g/mol. The number of carbonyl (C=O) groups excluding carboxylic acids is 1. The summed E-state index contributed by atoms with van der Waals surface area (Å²) in [6.07, 6.45) is 2.52. The normalized spacial score (nSPS) is 17.7. The number of nitrogens with one attached hydrogen (secondary N) is 1. The lowest BCUT2D eigenvalue weighted by Gasteiger charge is -2.32. The van der Waals surface area contributed by atoms with Crippen molar-refractivity contribution in [2.24, 2.45) is 0 Å². The quantitative estimate of drug-likeness (QED) is 0.841. The van der Waals surface area contributed by atoms with Crippen LogP contribution in [-0.4, -0.2) is 42.6 Å². The maximum Gasteiger partial charge on any atom is 0.260 e. The van der Waals surface area contributed by atoms with E-state index in [-0.39, 0.29) is 11.9 Å². The molecule has 4 nitrogen and oxygen atoms in total. The Balaban J connectivity index is 1.82. The number of likely N-dealkylation sites (tertiary alicyclic amines) is 1. The minimum Gasteiger partial charge on any atom is -0.479 e. The molecular formula is C17H24Cl2N2O2. The standard InChI is InChI=1S/C17H24Cl2N2O2/c1-3-8-21-9-6-14(7-10-21)20-17(22)12(2)23-16-11-13(18)4-5-15(16)19/h4-5,11-12,14H,3,6-10H2,1-2H3,(H,20,22)/t12-/m0/s1. The Morgan fingerprint density at radius 1 is 1.39 bits per heavy atom. The first-order chi connectivity index (χ1) is 11.0. The second kappa shape index (κ2) is 8.76. The van der Waals surface area contributed by atoms with E-state index in [4.69, 9.17) is 27.9 Å². The number of nitrogens with zero attached hydrogens (tertiary/aromatic N) is 1. The van der Waals surface area contributed by atoms with Gasteiger partial charge in [-0.15, -0.1) is 0 Å². The zero-order valence-corrected chi connectivity index (χ0v) is 15.2. The first-order valence-corrected chi connectivity index (χ1v) is 8.89. The van der Waals surface area contributed by atoms with Crippen molar-refractivity contribution in [3.8, 4) is 5.75 Å². The molecule has 0 saturated carbocycles. The summed E-state index contributed by atoms with van der Waals surface area (Å²) in [5, 5.41) is 4.04. The molecule has 1 heterocycles. The van der Waals surface area contributed by atoms with Gasteiger partial charge in [-0.1, -0.05) is 30.1 Å². The average Bonchev–Trinajstić information content (AvgIpc) is 2.53. The lowest BCUT2D eigenvalue weighted by Crippen LogP contribution is -2.48. The van der Waals surface area contributed by atoms with Crippen LogP contribution in [0.4, 0.5) is 0 Å². The molecule has 1 N–H and O–H groups in total. The summed E-state index contributed by atoms with van der Waals surface area (Å²) in [5.74, 6) is 0.314. The molecule has 1 aliphatic heterocycles. The number of piperidine rings is 1. The van der Waals surface area contributed by atoms with Crippen LogP contribution in [0.1, 0.15) is 33.1 Å². The fourth-order valence-electron chi connectivity index (χ4n) is 2.75. The maximum absolute atomic E-state index is 12.3. The van der Waals surface area contributed by atoms with Gasteiger partial charge in [0.25, 0.3) is 5.91 Å². The van der Waals surface area contributed by atoms with E-state index in [0.717, 1.165) is 32.5 Å². The molecule has 1 fully saturated rings. The van der Waals surface area contributed by atoms with E-state index in [1.807, 2.05) is 0 Å². The summed E-state index contributed by atoms with van der Waals surface area (Å²) in [7, 11) is 0. The number of rotatable bonds is 6. The van der Waals surface area contributed by atoms with E-state index in [1.54, 1.807) is 25.1 Å². The minimum absolute atomic E-state index is 0.116. The molecule has 0 radical (unpaired) electrons. The zero-order valence-electron chi connectivity index (χ0n) is 13.6. The van der Waals surface area contributed by atoms with Crippen molar-refractivity contribution in [2.75, 3.05) is 19.6 Å². The summed E-state index contributed by atoms with van der Waals surface area (Å²) in [6, 6.07) is 5.19. The summed E-state index contributed by atoms with van der Waals surface area (Å²) in [5.41, 5.74) is 0. The number of hydrogen-bond acceptors (Lipinski definition) is 3. The molecule has 1 aliphatic rings. The fourth-order valence-corrected chi connectivity index (χ4v) is 3.07. The summed E-state index contributed by atoms with van der Waals surface area (Å²) in [4.78, 5) is 14.7. The van der Waals surface area contributed by atoms with Crippen LogP contribution >= 0.6 is 23.2 Å². The van der Waals surface area contributed by atoms with Crippen LogP contribution in [0.3, 0.4) is 0 Å². The van der Waals surface area contributed by atoms with Gasteiger partial charge < -0.3 is 15.0 Å². The van der Waals surface area contributed by atoms with Gasteiger partial charge in [-0.25, -0.2) is 0 Å². The molecule has 1 atom stereocenters. The summed E-state index contributed by atoms with van der Waals surface area (Å²) >= 11 is 12.0. The molecule has 0 spiro atoms. The zero-order chi connectivity index (χ0) is 16.8. The van der Waals surface area contributed by atoms with E-state index in [2.05, 4.69) is 17.1 Å². The van der Waals surface area contributed by atoms with Crippen molar-refractivity contribution in [2.45, 2.75) is 45.3 Å². The monoisotopic (exact) mass is 358 g/mol. The molecule has 1 aromatic rings. The van der Waals surface area contributed by atoms with Gasteiger partial charge in [0.05, 0.1) is 5.02 Å². The summed E-state index contributed by atoms with van der Waals surface area (Å²) < 4.78 is 5.65. The molecule has 6 heteroatoms.